The molecule has 0 spiro atoms. The van der Waals surface area contributed by atoms with Crippen molar-refractivity contribution in [3.05, 3.63) is 80.7 Å². The van der Waals surface area contributed by atoms with Crippen molar-refractivity contribution in [1.29, 1.82) is 0 Å². The number of halogens is 1. The summed E-state index contributed by atoms with van der Waals surface area (Å²) in [5.41, 5.74) is 3.07. The fourth-order valence-corrected chi connectivity index (χ4v) is 3.98. The summed E-state index contributed by atoms with van der Waals surface area (Å²) in [6.45, 7) is 2.07. The maximum absolute atomic E-state index is 13.0. The number of carbonyl (C=O) groups is 1. The van der Waals surface area contributed by atoms with E-state index in [1.165, 1.54) is 4.88 Å². The molecule has 2 heterocycles. The second-order valence-corrected chi connectivity index (χ2v) is 8.48. The number of para-hydroxylation sites is 1. The van der Waals surface area contributed by atoms with Gasteiger partial charge in [-0.2, -0.15) is 0 Å². The van der Waals surface area contributed by atoms with Gasteiger partial charge >= 0.3 is 0 Å². The molecule has 2 aromatic heterocycles. The summed E-state index contributed by atoms with van der Waals surface area (Å²) in [6, 6.07) is 21.5. The number of nitrogens with one attached hydrogen (secondary N) is 1. The predicted molar refractivity (Wildman–Crippen MR) is 117 cm³/mol. The first-order chi connectivity index (χ1) is 12.6. The second kappa shape index (κ2) is 7.17. The van der Waals surface area contributed by atoms with E-state index in [-0.39, 0.29) is 5.91 Å². The molecule has 2 aromatic carbocycles. The molecule has 1 amide bonds. The molecule has 26 heavy (non-hydrogen) atoms. The van der Waals surface area contributed by atoms with E-state index in [4.69, 9.17) is 4.98 Å². The summed E-state index contributed by atoms with van der Waals surface area (Å²) >= 11 is 3.93. The predicted octanol–water partition coefficient (Wildman–Crippen LogP) is 6.13. The summed E-state index contributed by atoms with van der Waals surface area (Å²) in [4.78, 5) is 20.0. The zero-order valence-corrected chi connectivity index (χ0v) is 17.0. The molecule has 3 nitrogen and oxygen atoms in total. The zero-order chi connectivity index (χ0) is 18.1. The van der Waals surface area contributed by atoms with Crippen LogP contribution in [0.3, 0.4) is 0 Å². The van der Waals surface area contributed by atoms with Crippen LogP contribution in [0.2, 0.25) is 0 Å². The first-order valence-electron chi connectivity index (χ1n) is 8.14. The molecule has 0 aliphatic rings. The first-order valence-corrected chi connectivity index (χ1v) is 10.0. The van der Waals surface area contributed by atoms with Gasteiger partial charge in [0.15, 0.2) is 0 Å². The van der Waals surface area contributed by atoms with Crippen LogP contribution >= 0.6 is 33.9 Å². The SMILES string of the molecule is Cc1ccc(-c2cc(C(=O)Nc3ccc(I)cc3)c3ccccc3n2)s1. The number of nitrogens with zero attached hydrogens (tertiary/aromatic N) is 1. The number of rotatable bonds is 3. The summed E-state index contributed by atoms with van der Waals surface area (Å²) in [5.74, 6) is -0.126. The van der Waals surface area contributed by atoms with E-state index in [1.54, 1.807) is 11.3 Å². The minimum absolute atomic E-state index is 0.126. The Balaban J connectivity index is 1.79. The summed E-state index contributed by atoms with van der Waals surface area (Å²) < 4.78 is 1.13. The van der Waals surface area contributed by atoms with Gasteiger partial charge in [-0.05, 0) is 78.0 Å². The lowest BCUT2D eigenvalue weighted by Gasteiger charge is -2.10. The lowest BCUT2D eigenvalue weighted by molar-refractivity contribution is 0.102. The standard InChI is InChI=1S/C21H15IN2OS/c1-13-6-11-20(26-13)19-12-17(16-4-2-3-5-18(16)24-19)21(25)23-15-9-7-14(22)8-10-15/h2-12H,1H3,(H,23,25). The Morgan fingerprint density at radius 3 is 2.54 bits per heavy atom. The Labute approximate surface area is 169 Å². The highest BCUT2D eigenvalue weighted by molar-refractivity contribution is 14.1. The molecule has 0 unspecified atom stereocenters. The van der Waals surface area contributed by atoms with Gasteiger partial charge in [-0.3, -0.25) is 4.79 Å². The first kappa shape index (κ1) is 17.2. The largest absolute Gasteiger partial charge is 0.322 e. The number of aromatic nitrogens is 1. The van der Waals surface area contributed by atoms with Gasteiger partial charge in [0.2, 0.25) is 0 Å². The average Bonchev–Trinajstić information content (AvgIpc) is 3.09. The molecule has 0 saturated carbocycles. The van der Waals surface area contributed by atoms with Crippen molar-refractivity contribution in [2.45, 2.75) is 6.92 Å². The van der Waals surface area contributed by atoms with Crippen LogP contribution in [0.15, 0.2) is 66.7 Å². The molecule has 0 bridgehead atoms. The average molecular weight is 470 g/mol. The molecular weight excluding hydrogens is 455 g/mol. The summed E-state index contributed by atoms with van der Waals surface area (Å²) in [5, 5.41) is 3.85. The van der Waals surface area contributed by atoms with Crippen molar-refractivity contribution in [2.75, 3.05) is 5.32 Å². The van der Waals surface area contributed by atoms with Crippen LogP contribution in [0.4, 0.5) is 5.69 Å². The number of hydrogen-bond donors (Lipinski definition) is 1. The van der Waals surface area contributed by atoms with Gasteiger partial charge in [0, 0.05) is 19.5 Å². The monoisotopic (exact) mass is 470 g/mol. The van der Waals surface area contributed by atoms with Crippen molar-refractivity contribution in [1.82, 2.24) is 4.98 Å². The molecule has 0 aliphatic heterocycles. The smallest absolute Gasteiger partial charge is 0.256 e. The molecule has 0 fully saturated rings. The maximum atomic E-state index is 13.0. The van der Waals surface area contributed by atoms with Crippen LogP contribution in [-0.4, -0.2) is 10.9 Å². The van der Waals surface area contributed by atoms with E-state index in [2.05, 4.69) is 47.0 Å². The van der Waals surface area contributed by atoms with Crippen LogP contribution in [0, 0.1) is 10.5 Å². The van der Waals surface area contributed by atoms with Crippen molar-refractivity contribution in [3.8, 4) is 10.6 Å². The Morgan fingerprint density at radius 1 is 1.04 bits per heavy atom. The highest BCUT2D eigenvalue weighted by atomic mass is 127. The maximum Gasteiger partial charge on any atom is 0.256 e. The van der Waals surface area contributed by atoms with Crippen molar-refractivity contribution in [3.63, 3.8) is 0 Å². The quantitative estimate of drug-likeness (QED) is 0.366. The summed E-state index contributed by atoms with van der Waals surface area (Å²) in [7, 11) is 0. The highest BCUT2D eigenvalue weighted by Crippen LogP contribution is 2.30. The Bertz CT molecular complexity index is 1100. The topological polar surface area (TPSA) is 42.0 Å². The van der Waals surface area contributed by atoms with Crippen molar-refractivity contribution in [2.24, 2.45) is 0 Å². The number of aryl methyl sites for hydroxylation is 1. The van der Waals surface area contributed by atoms with Crippen molar-refractivity contribution >= 4 is 56.4 Å². The number of carbonyl (C=O) groups excluding carboxylic acids is 1. The molecule has 4 rings (SSSR count). The van der Waals surface area contributed by atoms with Gasteiger partial charge in [0.1, 0.15) is 0 Å². The molecule has 1 N–H and O–H groups in total. The van der Waals surface area contributed by atoms with Gasteiger partial charge in [-0.1, -0.05) is 18.2 Å². The number of benzene rings is 2. The number of anilines is 1. The Morgan fingerprint density at radius 2 is 1.81 bits per heavy atom. The minimum atomic E-state index is -0.126. The van der Waals surface area contributed by atoms with Gasteiger partial charge in [-0.25, -0.2) is 4.98 Å². The van der Waals surface area contributed by atoms with E-state index in [9.17, 15) is 4.79 Å². The minimum Gasteiger partial charge on any atom is -0.322 e. The third kappa shape index (κ3) is 3.50. The van der Waals surface area contributed by atoms with Crippen LogP contribution in [0.25, 0.3) is 21.5 Å². The van der Waals surface area contributed by atoms with Gasteiger partial charge in [0.05, 0.1) is 21.7 Å². The molecular formula is C21H15IN2OS. The van der Waals surface area contributed by atoms with E-state index in [0.29, 0.717) is 5.56 Å². The van der Waals surface area contributed by atoms with Gasteiger partial charge < -0.3 is 5.32 Å². The zero-order valence-electron chi connectivity index (χ0n) is 14.0. The van der Waals surface area contributed by atoms with Gasteiger partial charge in [-0.15, -0.1) is 11.3 Å². The Kier molecular flexibility index (Phi) is 4.74. The molecule has 5 heteroatoms. The fourth-order valence-electron chi connectivity index (χ4n) is 2.79. The lowest BCUT2D eigenvalue weighted by Crippen LogP contribution is -2.13. The molecule has 4 aromatic rings. The van der Waals surface area contributed by atoms with Crippen LogP contribution in [0.1, 0.15) is 15.2 Å². The van der Waals surface area contributed by atoms with Crippen LogP contribution in [-0.2, 0) is 0 Å². The molecule has 0 radical (unpaired) electrons. The number of hydrogen-bond acceptors (Lipinski definition) is 3. The van der Waals surface area contributed by atoms with Crippen LogP contribution in [0.5, 0.6) is 0 Å². The van der Waals surface area contributed by atoms with E-state index in [1.807, 2.05) is 54.6 Å². The molecule has 0 atom stereocenters. The normalized spacial score (nSPS) is 10.8. The number of thiophene rings is 1. The van der Waals surface area contributed by atoms with Crippen molar-refractivity contribution < 1.29 is 4.79 Å². The molecule has 0 aliphatic carbocycles. The van der Waals surface area contributed by atoms with E-state index >= 15 is 0 Å². The lowest BCUT2D eigenvalue weighted by atomic mass is 10.1. The molecule has 128 valence electrons. The number of amides is 1. The number of fused-ring (bicyclic) bond motifs is 1. The third-order valence-electron chi connectivity index (χ3n) is 4.06. The third-order valence-corrected chi connectivity index (χ3v) is 5.80. The fraction of sp³-hybridized carbons (Fsp3) is 0.0476. The van der Waals surface area contributed by atoms with E-state index < -0.39 is 0 Å². The highest BCUT2D eigenvalue weighted by Gasteiger charge is 2.15. The second-order valence-electron chi connectivity index (χ2n) is 5.94. The molecule has 0 saturated heterocycles. The van der Waals surface area contributed by atoms with Crippen LogP contribution < -0.4 is 5.32 Å². The Hall–Kier alpha value is -2.25. The summed E-state index contributed by atoms with van der Waals surface area (Å²) in [6.07, 6.45) is 0. The number of pyridine rings is 1. The van der Waals surface area contributed by atoms with Gasteiger partial charge in [0.25, 0.3) is 5.91 Å². The van der Waals surface area contributed by atoms with E-state index in [0.717, 1.165) is 30.7 Å².